The minimum absolute atomic E-state index is 0.0356. The van der Waals surface area contributed by atoms with E-state index >= 15 is 0 Å². The first kappa shape index (κ1) is 29.0. The molecule has 2 aromatic heterocycles. The molecule has 9 heteroatoms. The Morgan fingerprint density at radius 1 is 0.844 bits per heavy atom. The van der Waals surface area contributed by atoms with Gasteiger partial charge in [-0.15, -0.1) is 0 Å². The fourth-order valence-corrected chi connectivity index (χ4v) is 6.93. The molecule has 2 saturated heterocycles. The van der Waals surface area contributed by atoms with Crippen LogP contribution in [0.15, 0.2) is 91.4 Å². The van der Waals surface area contributed by atoms with Gasteiger partial charge < -0.3 is 15.1 Å². The van der Waals surface area contributed by atoms with E-state index in [4.69, 9.17) is 0 Å². The maximum absolute atomic E-state index is 13.8. The van der Waals surface area contributed by atoms with Gasteiger partial charge in [0.1, 0.15) is 0 Å². The fourth-order valence-electron chi connectivity index (χ4n) is 6.93. The molecule has 3 amide bonds. The van der Waals surface area contributed by atoms with Gasteiger partial charge in [-0.3, -0.25) is 24.0 Å². The molecule has 4 heterocycles. The number of anilines is 1. The molecule has 3 fully saturated rings. The van der Waals surface area contributed by atoms with Gasteiger partial charge in [-0.25, -0.2) is 0 Å². The molecule has 2 atom stereocenters. The van der Waals surface area contributed by atoms with E-state index in [1.165, 1.54) is 5.56 Å². The van der Waals surface area contributed by atoms with Crippen LogP contribution in [0.2, 0.25) is 0 Å². The summed E-state index contributed by atoms with van der Waals surface area (Å²) in [5, 5.41) is 7.48. The molecule has 7 rings (SSSR count). The summed E-state index contributed by atoms with van der Waals surface area (Å²) in [6.07, 6.45) is 6.66. The number of pyridine rings is 1. The molecular formula is C36H38N6O3. The maximum Gasteiger partial charge on any atom is 0.257 e. The minimum Gasteiger partial charge on any atom is -0.341 e. The van der Waals surface area contributed by atoms with Crippen molar-refractivity contribution in [2.75, 3.05) is 31.5 Å². The molecule has 4 aromatic rings. The normalized spacial score (nSPS) is 20.9. The van der Waals surface area contributed by atoms with Crippen molar-refractivity contribution < 1.29 is 14.4 Å². The number of amides is 3. The molecule has 45 heavy (non-hydrogen) atoms. The number of hydrogen-bond donors (Lipinski definition) is 1. The van der Waals surface area contributed by atoms with Crippen LogP contribution in [0.1, 0.15) is 47.4 Å². The molecule has 1 aliphatic carbocycles. The third kappa shape index (κ3) is 5.87. The Morgan fingerprint density at radius 3 is 2.16 bits per heavy atom. The Hall–Kier alpha value is -4.79. The van der Waals surface area contributed by atoms with E-state index in [-0.39, 0.29) is 35.6 Å². The molecular weight excluding hydrogens is 564 g/mol. The Labute approximate surface area is 263 Å². The first-order chi connectivity index (χ1) is 21.7. The van der Waals surface area contributed by atoms with Crippen molar-refractivity contribution in [3.8, 4) is 0 Å². The summed E-state index contributed by atoms with van der Waals surface area (Å²) < 4.78 is 1.76. The van der Waals surface area contributed by atoms with Gasteiger partial charge in [0, 0.05) is 55.8 Å². The Kier molecular flexibility index (Phi) is 7.26. The summed E-state index contributed by atoms with van der Waals surface area (Å²) in [6.45, 7) is 6.45. The molecule has 3 aliphatic rings. The fraction of sp³-hybridized carbons (Fsp3) is 0.361. The number of nitrogens with one attached hydrogen (secondary N) is 1. The number of carbonyl (C=O) groups excluding carboxylic acids is 3. The van der Waals surface area contributed by atoms with Gasteiger partial charge in [0.15, 0.2) is 0 Å². The molecule has 0 radical (unpaired) electrons. The summed E-state index contributed by atoms with van der Waals surface area (Å²) in [7, 11) is 0. The molecule has 0 bridgehead atoms. The lowest BCUT2D eigenvalue weighted by atomic mass is 9.71. The number of likely N-dealkylation sites (tertiary alicyclic amines) is 2. The zero-order valence-corrected chi connectivity index (χ0v) is 25.7. The lowest BCUT2D eigenvalue weighted by Gasteiger charge is -2.50. The van der Waals surface area contributed by atoms with Crippen LogP contribution in [-0.2, 0) is 22.6 Å². The quantitative estimate of drug-likeness (QED) is 0.320. The van der Waals surface area contributed by atoms with Gasteiger partial charge in [0.05, 0.1) is 36.1 Å². The Bertz CT molecular complexity index is 1710. The van der Waals surface area contributed by atoms with Crippen molar-refractivity contribution in [1.29, 1.82) is 0 Å². The Balaban J connectivity index is 1.06. The van der Waals surface area contributed by atoms with E-state index in [0.717, 1.165) is 17.7 Å². The van der Waals surface area contributed by atoms with Gasteiger partial charge in [-0.05, 0) is 35.1 Å². The van der Waals surface area contributed by atoms with Crippen LogP contribution in [0.3, 0.4) is 0 Å². The first-order valence-electron chi connectivity index (χ1n) is 15.6. The highest BCUT2D eigenvalue weighted by Crippen LogP contribution is 2.54. The van der Waals surface area contributed by atoms with Crippen LogP contribution < -0.4 is 5.32 Å². The predicted octanol–water partition coefficient (Wildman–Crippen LogP) is 4.50. The maximum atomic E-state index is 13.8. The second-order valence-electron chi connectivity index (χ2n) is 13.6. The zero-order valence-electron chi connectivity index (χ0n) is 25.7. The molecule has 2 aromatic carbocycles. The van der Waals surface area contributed by atoms with Crippen LogP contribution in [0.25, 0.3) is 0 Å². The van der Waals surface area contributed by atoms with Crippen LogP contribution in [0.5, 0.6) is 0 Å². The highest BCUT2D eigenvalue weighted by molar-refractivity contribution is 5.97. The summed E-state index contributed by atoms with van der Waals surface area (Å²) in [6, 6.07) is 23.9. The monoisotopic (exact) mass is 602 g/mol. The van der Waals surface area contributed by atoms with Crippen LogP contribution in [0.4, 0.5) is 5.69 Å². The number of nitrogens with zero attached hydrogens (tertiary/aromatic N) is 5. The van der Waals surface area contributed by atoms with Crippen LogP contribution in [-0.4, -0.2) is 68.5 Å². The van der Waals surface area contributed by atoms with E-state index in [1.807, 2.05) is 65.6 Å². The molecule has 1 saturated carbocycles. The number of benzene rings is 2. The molecule has 1 spiro atoms. The largest absolute Gasteiger partial charge is 0.341 e. The van der Waals surface area contributed by atoms with E-state index < -0.39 is 11.3 Å². The molecule has 0 unspecified atom stereocenters. The summed E-state index contributed by atoms with van der Waals surface area (Å²) in [4.78, 5) is 49.0. The highest BCUT2D eigenvalue weighted by atomic mass is 16.2. The average molecular weight is 603 g/mol. The predicted molar refractivity (Wildman–Crippen MR) is 170 cm³/mol. The number of rotatable bonds is 8. The van der Waals surface area contributed by atoms with Gasteiger partial charge in [-0.2, -0.15) is 5.10 Å². The van der Waals surface area contributed by atoms with Gasteiger partial charge in [0.25, 0.3) is 5.91 Å². The van der Waals surface area contributed by atoms with E-state index in [9.17, 15) is 14.4 Å². The van der Waals surface area contributed by atoms with Crippen molar-refractivity contribution >= 4 is 23.4 Å². The van der Waals surface area contributed by atoms with Crippen molar-refractivity contribution in [3.05, 3.63) is 114 Å². The van der Waals surface area contributed by atoms with Crippen LogP contribution in [0, 0.1) is 22.7 Å². The zero-order chi connectivity index (χ0) is 31.2. The van der Waals surface area contributed by atoms with E-state index in [2.05, 4.69) is 41.4 Å². The topological polar surface area (TPSA) is 100 Å². The third-order valence-electron chi connectivity index (χ3n) is 9.77. The lowest BCUT2D eigenvalue weighted by molar-refractivity contribution is -0.150. The standard InChI is InChI=1S/C36H38N6O3/c1-35(2)16-30(35)34(45)41-23-36(24-41)22-40(33(44)27-17-38-42(20-27)19-26-11-7-4-8-12-26)21-31(36)32(43)39-29-14-13-28(37-18-29)15-25-9-5-3-6-10-25/h3-14,17-18,20,30-31H,15-16,19,21-24H2,1-2H3,(H,39,43)/t30-,31+/m1/s1. The smallest absolute Gasteiger partial charge is 0.257 e. The van der Waals surface area contributed by atoms with Crippen molar-refractivity contribution in [1.82, 2.24) is 24.6 Å². The highest BCUT2D eigenvalue weighted by Gasteiger charge is 2.61. The summed E-state index contributed by atoms with van der Waals surface area (Å²) in [5.41, 5.74) is 3.83. The van der Waals surface area contributed by atoms with Gasteiger partial charge in [-0.1, -0.05) is 74.5 Å². The average Bonchev–Trinajstić information content (AvgIpc) is 3.34. The number of carbonyl (C=O) groups is 3. The third-order valence-corrected chi connectivity index (χ3v) is 9.77. The molecule has 230 valence electrons. The molecule has 2 aliphatic heterocycles. The van der Waals surface area contributed by atoms with E-state index in [0.29, 0.717) is 43.9 Å². The lowest BCUT2D eigenvalue weighted by Crippen LogP contribution is -2.64. The minimum atomic E-state index is -0.491. The van der Waals surface area contributed by atoms with Gasteiger partial charge >= 0.3 is 0 Å². The Morgan fingerprint density at radius 2 is 1.51 bits per heavy atom. The number of aromatic nitrogens is 3. The van der Waals surface area contributed by atoms with Gasteiger partial charge in [0.2, 0.25) is 11.8 Å². The van der Waals surface area contributed by atoms with E-state index in [1.54, 1.807) is 28.2 Å². The summed E-state index contributed by atoms with van der Waals surface area (Å²) >= 11 is 0. The number of hydrogen-bond acceptors (Lipinski definition) is 5. The summed E-state index contributed by atoms with van der Waals surface area (Å²) in [5.74, 6) is -0.557. The van der Waals surface area contributed by atoms with Crippen molar-refractivity contribution in [2.24, 2.45) is 22.7 Å². The molecule has 9 nitrogen and oxygen atoms in total. The second kappa shape index (κ2) is 11.3. The van der Waals surface area contributed by atoms with Crippen molar-refractivity contribution in [2.45, 2.75) is 33.2 Å². The SMILES string of the molecule is CC1(C)C[C@@H]1C(=O)N1CC2(CN(C(=O)c3cnn(Cc4ccccc4)c3)C[C@H]2C(=O)Nc2ccc(Cc3ccccc3)nc2)C1. The second-order valence-corrected chi connectivity index (χ2v) is 13.6. The van der Waals surface area contributed by atoms with Crippen molar-refractivity contribution in [3.63, 3.8) is 0 Å². The first-order valence-corrected chi connectivity index (χ1v) is 15.6. The van der Waals surface area contributed by atoms with Crippen LogP contribution >= 0.6 is 0 Å². The molecule has 1 N–H and O–H groups in total.